The van der Waals surface area contributed by atoms with Crippen LogP contribution in [-0.2, 0) is 42.9 Å². The SMILES string of the molecule is C/C=C(/C)C(=O)O[C@H]1C(C)=C[C@]23C(=O)[C@H](C=C(COC(C)=O)[C@@H](OC(C)=O)[C@]12O)[C@H]1[C@@H](C[C@H]3C)[C@@]1(C)OC(C)=O. The molecule has 0 unspecified atom stereocenters. The van der Waals surface area contributed by atoms with Crippen molar-refractivity contribution in [3.05, 3.63) is 34.9 Å². The Hall–Kier alpha value is -3.27. The molecule has 0 amide bonds. The highest BCUT2D eigenvalue weighted by Crippen LogP contribution is 2.69. The average Bonchev–Trinajstić information content (AvgIpc) is 3.37. The molecule has 218 valence electrons. The molecule has 0 radical (unpaired) electrons. The first-order valence-electron chi connectivity index (χ1n) is 13.6. The number of ketones is 1. The lowest BCUT2D eigenvalue weighted by atomic mass is 9.59. The Morgan fingerprint density at radius 2 is 1.70 bits per heavy atom. The van der Waals surface area contributed by atoms with E-state index in [1.54, 1.807) is 45.9 Å². The minimum Gasteiger partial charge on any atom is -0.461 e. The van der Waals surface area contributed by atoms with Crippen LogP contribution in [0.25, 0.3) is 0 Å². The summed E-state index contributed by atoms with van der Waals surface area (Å²) in [5.74, 6) is -4.91. The van der Waals surface area contributed by atoms with Gasteiger partial charge in [0.2, 0.25) is 0 Å². The van der Waals surface area contributed by atoms with E-state index in [0.29, 0.717) is 17.6 Å². The third-order valence-corrected chi connectivity index (χ3v) is 9.34. The molecule has 0 aliphatic heterocycles. The Morgan fingerprint density at radius 3 is 2.25 bits per heavy atom. The lowest BCUT2D eigenvalue weighted by Crippen LogP contribution is -2.66. The maximum Gasteiger partial charge on any atom is 0.334 e. The van der Waals surface area contributed by atoms with Crippen molar-refractivity contribution in [3.8, 4) is 0 Å². The number of carbonyl (C=O) groups excluding carboxylic acids is 5. The molecular weight excluding hydrogens is 520 g/mol. The van der Waals surface area contributed by atoms with Gasteiger partial charge < -0.3 is 24.1 Å². The second-order valence-corrected chi connectivity index (χ2v) is 11.8. The highest BCUT2D eigenvalue weighted by atomic mass is 16.6. The van der Waals surface area contributed by atoms with Gasteiger partial charge in [-0.25, -0.2) is 4.79 Å². The fourth-order valence-electron chi connectivity index (χ4n) is 7.50. The van der Waals surface area contributed by atoms with Crippen LogP contribution in [0, 0.1) is 29.1 Å². The summed E-state index contributed by atoms with van der Waals surface area (Å²) < 4.78 is 22.7. The molecular formula is C30H38O10. The van der Waals surface area contributed by atoms with Gasteiger partial charge in [0.05, 0.1) is 5.41 Å². The molecule has 0 aromatic carbocycles. The van der Waals surface area contributed by atoms with Crippen LogP contribution in [0.2, 0.25) is 0 Å². The lowest BCUT2D eigenvalue weighted by molar-refractivity contribution is -0.211. The highest BCUT2D eigenvalue weighted by molar-refractivity contribution is 5.96. The van der Waals surface area contributed by atoms with Crippen LogP contribution in [0.15, 0.2) is 34.9 Å². The number of aliphatic hydroxyl groups is 1. The van der Waals surface area contributed by atoms with Gasteiger partial charge >= 0.3 is 23.9 Å². The van der Waals surface area contributed by atoms with E-state index in [2.05, 4.69) is 0 Å². The molecule has 0 aromatic rings. The van der Waals surface area contributed by atoms with Gasteiger partial charge in [-0.1, -0.05) is 25.2 Å². The topological polar surface area (TPSA) is 143 Å². The maximum absolute atomic E-state index is 14.8. The summed E-state index contributed by atoms with van der Waals surface area (Å²) in [4.78, 5) is 64.1. The number of ether oxygens (including phenoxy) is 4. The molecule has 40 heavy (non-hydrogen) atoms. The number of esters is 4. The second-order valence-electron chi connectivity index (χ2n) is 11.8. The van der Waals surface area contributed by atoms with Gasteiger partial charge in [-0.2, -0.15) is 0 Å². The Kier molecular flexibility index (Phi) is 7.41. The Balaban J connectivity index is 1.97. The number of carbonyl (C=O) groups is 5. The molecule has 4 rings (SSSR count). The first-order chi connectivity index (χ1) is 18.6. The number of hydrogen-bond donors (Lipinski definition) is 1. The summed E-state index contributed by atoms with van der Waals surface area (Å²) in [5, 5.41) is 12.9. The summed E-state index contributed by atoms with van der Waals surface area (Å²) in [5.41, 5.74) is -3.89. The van der Waals surface area contributed by atoms with E-state index < -0.39 is 70.5 Å². The highest BCUT2D eigenvalue weighted by Gasteiger charge is 2.79. The maximum atomic E-state index is 14.8. The van der Waals surface area contributed by atoms with Crippen molar-refractivity contribution in [1.82, 2.24) is 0 Å². The first-order valence-corrected chi connectivity index (χ1v) is 13.6. The normalized spacial score (nSPS) is 39.8. The van der Waals surface area contributed by atoms with E-state index in [0.717, 1.165) is 0 Å². The molecule has 4 aliphatic rings. The van der Waals surface area contributed by atoms with E-state index in [4.69, 9.17) is 18.9 Å². The zero-order valence-corrected chi connectivity index (χ0v) is 24.2. The molecule has 9 atom stereocenters. The molecule has 2 fully saturated rings. The van der Waals surface area contributed by atoms with Crippen molar-refractivity contribution in [2.75, 3.05) is 6.61 Å². The van der Waals surface area contributed by atoms with Crippen LogP contribution in [0.3, 0.4) is 0 Å². The van der Waals surface area contributed by atoms with Gasteiger partial charge in [0, 0.05) is 49.7 Å². The van der Waals surface area contributed by atoms with E-state index in [9.17, 15) is 29.1 Å². The third kappa shape index (κ3) is 4.22. The largest absolute Gasteiger partial charge is 0.461 e. The van der Waals surface area contributed by atoms with Crippen LogP contribution in [0.5, 0.6) is 0 Å². The standard InChI is InChI=1S/C30H38O10/c1-9-14(2)27(35)39-25-15(3)12-29-16(4)10-22-23(28(22,8)40-19(7)33)21(24(29)34)11-20(13-37-17(5)31)26(30(25,29)36)38-18(6)32/h9,11-12,16,21-23,25-26,36H,10,13H2,1-8H3/b14-9-/t16-,21-,22-,23+,25+,26-,28-,29+,30-/m1/s1. The lowest BCUT2D eigenvalue weighted by Gasteiger charge is -2.49. The summed E-state index contributed by atoms with van der Waals surface area (Å²) in [6.45, 7) is 11.8. The number of allylic oxidation sites excluding steroid dienone is 2. The first kappa shape index (κ1) is 29.7. The smallest absolute Gasteiger partial charge is 0.334 e. The fourth-order valence-corrected chi connectivity index (χ4v) is 7.50. The minimum absolute atomic E-state index is 0.185. The number of hydrogen-bond acceptors (Lipinski definition) is 10. The van der Waals surface area contributed by atoms with Crippen molar-refractivity contribution in [2.24, 2.45) is 29.1 Å². The summed E-state index contributed by atoms with van der Waals surface area (Å²) in [7, 11) is 0. The Labute approximate surface area is 233 Å². The molecule has 0 aromatic heterocycles. The zero-order valence-electron chi connectivity index (χ0n) is 24.2. The molecule has 2 bridgehead atoms. The molecule has 0 heterocycles. The molecule has 2 saturated carbocycles. The number of rotatable bonds is 6. The van der Waals surface area contributed by atoms with Crippen molar-refractivity contribution in [3.63, 3.8) is 0 Å². The van der Waals surface area contributed by atoms with E-state index in [-0.39, 0.29) is 23.9 Å². The fraction of sp³-hybridized carbons (Fsp3) is 0.633. The monoisotopic (exact) mass is 558 g/mol. The summed E-state index contributed by atoms with van der Waals surface area (Å²) in [6, 6.07) is 0. The van der Waals surface area contributed by atoms with Gasteiger partial charge in [-0.3, -0.25) is 19.2 Å². The number of Topliss-reactive ketones (excluding diaryl/α,β-unsaturated/α-hetero) is 1. The molecule has 4 aliphatic carbocycles. The van der Waals surface area contributed by atoms with E-state index in [1.165, 1.54) is 20.8 Å². The second kappa shape index (κ2) is 9.98. The molecule has 0 saturated heterocycles. The average molecular weight is 559 g/mol. The zero-order chi connectivity index (χ0) is 29.9. The molecule has 10 nitrogen and oxygen atoms in total. The van der Waals surface area contributed by atoms with Crippen LogP contribution in [-0.4, -0.2) is 64.8 Å². The predicted octanol–water partition coefficient (Wildman–Crippen LogP) is 2.77. The van der Waals surface area contributed by atoms with Crippen molar-refractivity contribution < 1.29 is 48.0 Å². The van der Waals surface area contributed by atoms with E-state index in [1.807, 2.05) is 6.92 Å². The van der Waals surface area contributed by atoms with Gasteiger partial charge in [-0.15, -0.1) is 0 Å². The Morgan fingerprint density at radius 1 is 1.05 bits per heavy atom. The summed E-state index contributed by atoms with van der Waals surface area (Å²) in [6.07, 6.45) is 2.38. The minimum atomic E-state index is -2.25. The van der Waals surface area contributed by atoms with Gasteiger partial charge in [-0.05, 0) is 45.6 Å². The van der Waals surface area contributed by atoms with Crippen LogP contribution in [0.4, 0.5) is 0 Å². The van der Waals surface area contributed by atoms with Crippen LogP contribution < -0.4 is 0 Å². The van der Waals surface area contributed by atoms with Gasteiger partial charge in [0.25, 0.3) is 0 Å². The number of fused-ring (bicyclic) bond motifs is 3. The van der Waals surface area contributed by atoms with Crippen molar-refractivity contribution in [1.29, 1.82) is 0 Å². The van der Waals surface area contributed by atoms with Crippen LogP contribution in [0.1, 0.15) is 61.8 Å². The third-order valence-electron chi connectivity index (χ3n) is 9.34. The van der Waals surface area contributed by atoms with Crippen LogP contribution >= 0.6 is 0 Å². The van der Waals surface area contributed by atoms with Crippen molar-refractivity contribution in [2.45, 2.75) is 85.2 Å². The molecule has 1 N–H and O–H groups in total. The van der Waals surface area contributed by atoms with Gasteiger partial charge in [0.1, 0.15) is 12.2 Å². The molecule has 10 heteroatoms. The molecule has 1 spiro atoms. The van der Waals surface area contributed by atoms with Gasteiger partial charge in [0.15, 0.2) is 23.6 Å². The van der Waals surface area contributed by atoms with E-state index >= 15 is 0 Å². The Bertz CT molecular complexity index is 1260. The summed E-state index contributed by atoms with van der Waals surface area (Å²) >= 11 is 0. The quantitative estimate of drug-likeness (QED) is 0.224. The van der Waals surface area contributed by atoms with Crippen molar-refractivity contribution >= 4 is 29.7 Å². The predicted molar refractivity (Wildman–Crippen MR) is 140 cm³/mol.